The van der Waals surface area contributed by atoms with Gasteiger partial charge in [-0.1, -0.05) is 0 Å². The molecule has 1 saturated heterocycles. The van der Waals surface area contributed by atoms with Crippen LogP contribution in [0.4, 0.5) is 0 Å². The molecule has 0 bridgehead atoms. The molecule has 0 amide bonds. The summed E-state index contributed by atoms with van der Waals surface area (Å²) in [4.78, 5) is 2.44. The predicted octanol–water partition coefficient (Wildman–Crippen LogP) is 0.444. The maximum Gasteiger partial charge on any atom is 0.0710 e. The summed E-state index contributed by atoms with van der Waals surface area (Å²) in [5.41, 5.74) is 6.06. The summed E-state index contributed by atoms with van der Waals surface area (Å²) in [7, 11) is 1.80. The van der Waals surface area contributed by atoms with Crippen LogP contribution in [0.2, 0.25) is 0 Å². The van der Waals surface area contributed by atoms with Crippen LogP contribution in [0, 0.1) is 5.92 Å². The standard InChI is InChI=1S/C10H20N2O/c1-13-9-4-5-12(6-9)7-10(11)8-2-3-8/h8-10H,2-7,11H2,1H3. The molecule has 0 radical (unpaired) electrons. The lowest BCUT2D eigenvalue weighted by Gasteiger charge is -2.20. The Kier molecular flexibility index (Phi) is 2.86. The highest BCUT2D eigenvalue weighted by molar-refractivity contribution is 4.88. The zero-order valence-corrected chi connectivity index (χ0v) is 8.41. The first-order valence-electron chi connectivity index (χ1n) is 5.30. The van der Waals surface area contributed by atoms with Crippen molar-refractivity contribution < 1.29 is 4.74 Å². The highest BCUT2D eigenvalue weighted by Crippen LogP contribution is 2.32. The molecule has 1 saturated carbocycles. The Morgan fingerprint density at radius 1 is 1.46 bits per heavy atom. The maximum atomic E-state index is 6.06. The van der Waals surface area contributed by atoms with Crippen molar-refractivity contribution in [2.75, 3.05) is 26.7 Å². The summed E-state index contributed by atoms with van der Waals surface area (Å²) in [5, 5.41) is 0. The van der Waals surface area contributed by atoms with E-state index in [1.54, 1.807) is 7.11 Å². The lowest BCUT2D eigenvalue weighted by molar-refractivity contribution is 0.107. The molecule has 0 spiro atoms. The van der Waals surface area contributed by atoms with Crippen molar-refractivity contribution in [1.82, 2.24) is 4.90 Å². The minimum Gasteiger partial charge on any atom is -0.380 e. The first-order valence-corrected chi connectivity index (χ1v) is 5.30. The molecule has 0 aromatic rings. The average molecular weight is 184 g/mol. The number of hydrogen-bond acceptors (Lipinski definition) is 3. The molecule has 2 N–H and O–H groups in total. The average Bonchev–Trinajstić information content (AvgIpc) is 2.88. The Bertz CT molecular complexity index is 170. The van der Waals surface area contributed by atoms with Gasteiger partial charge in [0.1, 0.15) is 0 Å². The molecule has 1 heterocycles. The summed E-state index contributed by atoms with van der Waals surface area (Å²) < 4.78 is 5.32. The molecule has 0 aromatic carbocycles. The van der Waals surface area contributed by atoms with Crippen molar-refractivity contribution >= 4 is 0 Å². The highest BCUT2D eigenvalue weighted by Gasteiger charge is 2.31. The maximum absolute atomic E-state index is 6.06. The van der Waals surface area contributed by atoms with E-state index in [1.807, 2.05) is 0 Å². The quantitative estimate of drug-likeness (QED) is 0.689. The van der Waals surface area contributed by atoms with Crippen molar-refractivity contribution in [1.29, 1.82) is 0 Å². The van der Waals surface area contributed by atoms with Gasteiger partial charge in [0.2, 0.25) is 0 Å². The smallest absolute Gasteiger partial charge is 0.0710 e. The third kappa shape index (κ3) is 2.42. The summed E-state index contributed by atoms with van der Waals surface area (Å²) in [6.07, 6.45) is 4.32. The molecule has 1 aliphatic carbocycles. The zero-order chi connectivity index (χ0) is 9.26. The Hall–Kier alpha value is -0.120. The number of nitrogens with two attached hydrogens (primary N) is 1. The molecule has 3 nitrogen and oxygen atoms in total. The fraction of sp³-hybridized carbons (Fsp3) is 1.00. The third-order valence-corrected chi connectivity index (χ3v) is 3.26. The van der Waals surface area contributed by atoms with Crippen molar-refractivity contribution in [3.63, 3.8) is 0 Å². The molecular weight excluding hydrogens is 164 g/mol. The van der Waals surface area contributed by atoms with Gasteiger partial charge in [0, 0.05) is 32.8 Å². The van der Waals surface area contributed by atoms with Crippen molar-refractivity contribution in [3.8, 4) is 0 Å². The molecule has 2 rings (SSSR count). The summed E-state index contributed by atoms with van der Waals surface area (Å²) >= 11 is 0. The number of methoxy groups -OCH3 is 1. The van der Waals surface area contributed by atoms with E-state index in [0.29, 0.717) is 12.1 Å². The second-order valence-electron chi connectivity index (χ2n) is 4.41. The first kappa shape index (κ1) is 9.44. The SMILES string of the molecule is COC1CCN(CC(N)C2CC2)C1. The van der Waals surface area contributed by atoms with Crippen LogP contribution in [0.3, 0.4) is 0 Å². The van der Waals surface area contributed by atoms with E-state index in [0.717, 1.165) is 19.0 Å². The van der Waals surface area contributed by atoms with Gasteiger partial charge in [-0.15, -0.1) is 0 Å². The van der Waals surface area contributed by atoms with Gasteiger partial charge in [-0.3, -0.25) is 4.90 Å². The topological polar surface area (TPSA) is 38.5 Å². The van der Waals surface area contributed by atoms with E-state index in [2.05, 4.69) is 4.90 Å². The van der Waals surface area contributed by atoms with Gasteiger partial charge in [0.15, 0.2) is 0 Å². The van der Waals surface area contributed by atoms with Crippen LogP contribution in [0.5, 0.6) is 0 Å². The van der Waals surface area contributed by atoms with Gasteiger partial charge in [-0.2, -0.15) is 0 Å². The Labute approximate surface area is 80.2 Å². The minimum atomic E-state index is 0.413. The van der Waals surface area contributed by atoms with Gasteiger partial charge < -0.3 is 10.5 Å². The van der Waals surface area contributed by atoms with Gasteiger partial charge in [-0.25, -0.2) is 0 Å². The zero-order valence-electron chi connectivity index (χ0n) is 8.41. The van der Waals surface area contributed by atoms with Gasteiger partial charge in [0.05, 0.1) is 6.10 Å². The Morgan fingerprint density at radius 3 is 2.77 bits per heavy atom. The molecule has 2 fully saturated rings. The molecular formula is C10H20N2O. The van der Waals surface area contributed by atoms with E-state index in [-0.39, 0.29) is 0 Å². The van der Waals surface area contributed by atoms with Crippen molar-refractivity contribution in [2.24, 2.45) is 11.7 Å². The molecule has 76 valence electrons. The second kappa shape index (κ2) is 3.95. The largest absolute Gasteiger partial charge is 0.380 e. The lowest BCUT2D eigenvalue weighted by Crippen LogP contribution is -2.38. The van der Waals surface area contributed by atoms with Crippen molar-refractivity contribution in [3.05, 3.63) is 0 Å². The minimum absolute atomic E-state index is 0.413. The number of rotatable bonds is 4. The number of likely N-dealkylation sites (tertiary alicyclic amines) is 1. The first-order chi connectivity index (χ1) is 6.29. The Morgan fingerprint density at radius 2 is 2.23 bits per heavy atom. The van der Waals surface area contributed by atoms with E-state index in [1.165, 1.54) is 25.8 Å². The summed E-state index contributed by atoms with van der Waals surface area (Å²) in [6.45, 7) is 3.32. The molecule has 2 atom stereocenters. The third-order valence-electron chi connectivity index (χ3n) is 3.26. The number of hydrogen-bond donors (Lipinski definition) is 1. The fourth-order valence-electron chi connectivity index (χ4n) is 2.13. The fourth-order valence-corrected chi connectivity index (χ4v) is 2.13. The molecule has 1 aliphatic heterocycles. The molecule has 2 unspecified atom stereocenters. The lowest BCUT2D eigenvalue weighted by atomic mass is 10.2. The van der Waals surface area contributed by atoms with Crippen LogP contribution in [0.1, 0.15) is 19.3 Å². The van der Waals surface area contributed by atoms with Crippen molar-refractivity contribution in [2.45, 2.75) is 31.4 Å². The predicted molar refractivity (Wildman–Crippen MR) is 52.6 cm³/mol. The summed E-state index contributed by atoms with van der Waals surface area (Å²) in [6, 6.07) is 0.413. The van der Waals surface area contributed by atoms with E-state index in [9.17, 15) is 0 Å². The highest BCUT2D eigenvalue weighted by atomic mass is 16.5. The van der Waals surface area contributed by atoms with Crippen LogP contribution < -0.4 is 5.73 Å². The van der Waals surface area contributed by atoms with E-state index >= 15 is 0 Å². The van der Waals surface area contributed by atoms with Crippen LogP contribution in [-0.2, 0) is 4.74 Å². The van der Waals surface area contributed by atoms with Crippen LogP contribution in [0.15, 0.2) is 0 Å². The molecule has 3 heteroatoms. The van der Waals surface area contributed by atoms with Gasteiger partial charge in [-0.05, 0) is 25.2 Å². The van der Waals surface area contributed by atoms with Gasteiger partial charge >= 0.3 is 0 Å². The molecule has 2 aliphatic rings. The molecule has 0 aromatic heterocycles. The number of nitrogens with zero attached hydrogens (tertiary/aromatic N) is 1. The number of ether oxygens (including phenoxy) is 1. The van der Waals surface area contributed by atoms with Crippen LogP contribution in [-0.4, -0.2) is 43.8 Å². The van der Waals surface area contributed by atoms with Crippen LogP contribution >= 0.6 is 0 Å². The second-order valence-corrected chi connectivity index (χ2v) is 4.41. The van der Waals surface area contributed by atoms with E-state index < -0.39 is 0 Å². The Balaban J connectivity index is 1.70. The summed E-state index contributed by atoms with van der Waals surface area (Å²) in [5.74, 6) is 0.821. The van der Waals surface area contributed by atoms with Gasteiger partial charge in [0.25, 0.3) is 0 Å². The van der Waals surface area contributed by atoms with E-state index in [4.69, 9.17) is 10.5 Å². The normalized spacial score (nSPS) is 32.3. The monoisotopic (exact) mass is 184 g/mol. The van der Waals surface area contributed by atoms with Crippen LogP contribution in [0.25, 0.3) is 0 Å². The molecule has 13 heavy (non-hydrogen) atoms.